The second-order valence-corrected chi connectivity index (χ2v) is 10.9. The number of carbonyl (C=O) groups is 2. The maximum Gasteiger partial charge on any atom is 0.254 e. The molecule has 0 atom stereocenters. The van der Waals surface area contributed by atoms with Crippen molar-refractivity contribution in [1.29, 1.82) is 0 Å². The molecule has 1 aliphatic heterocycles. The first-order valence-electron chi connectivity index (χ1n) is 11.5. The molecule has 0 unspecified atom stereocenters. The van der Waals surface area contributed by atoms with Gasteiger partial charge in [-0.25, -0.2) is 21.6 Å². The quantitative estimate of drug-likeness (QED) is 0.541. The lowest BCUT2D eigenvalue weighted by Crippen LogP contribution is -2.53. The van der Waals surface area contributed by atoms with Crippen LogP contribution in [0.15, 0.2) is 30.3 Å². The van der Waals surface area contributed by atoms with Gasteiger partial charge in [0.05, 0.1) is 17.0 Å². The molecule has 1 saturated carbocycles. The molecule has 12 heteroatoms. The minimum atomic E-state index is -3.95. The van der Waals surface area contributed by atoms with E-state index < -0.39 is 44.3 Å². The summed E-state index contributed by atoms with van der Waals surface area (Å²) in [7, 11) is -3.95. The van der Waals surface area contributed by atoms with Crippen LogP contribution in [0.2, 0.25) is 0 Å². The normalized spacial score (nSPS) is 17.1. The lowest BCUT2D eigenvalue weighted by Gasteiger charge is -2.35. The van der Waals surface area contributed by atoms with Gasteiger partial charge in [-0.1, -0.05) is 19.1 Å². The van der Waals surface area contributed by atoms with Gasteiger partial charge >= 0.3 is 0 Å². The monoisotopic (exact) mass is 525 g/mol. The zero-order valence-corrected chi connectivity index (χ0v) is 20.4. The van der Waals surface area contributed by atoms with Crippen molar-refractivity contribution in [3.05, 3.63) is 53.3 Å². The van der Waals surface area contributed by atoms with Crippen LogP contribution < -0.4 is 4.72 Å². The van der Waals surface area contributed by atoms with Crippen molar-refractivity contribution >= 4 is 27.5 Å². The fraction of sp³-hybridized carbons (Fsp3) is 0.417. The Morgan fingerprint density at radius 2 is 1.58 bits per heavy atom. The number of halogens is 3. The average molecular weight is 526 g/mol. The number of hydrogen-bond donors (Lipinski definition) is 2. The van der Waals surface area contributed by atoms with Crippen molar-refractivity contribution in [2.75, 3.05) is 36.7 Å². The molecule has 1 aliphatic carbocycles. The fourth-order valence-corrected chi connectivity index (χ4v) is 5.24. The number of hydrogen-bond acceptors (Lipinski definition) is 5. The molecule has 1 saturated heterocycles. The van der Waals surface area contributed by atoms with E-state index in [1.807, 2.05) is 4.72 Å². The number of amides is 2. The van der Waals surface area contributed by atoms with Gasteiger partial charge in [-0.3, -0.25) is 14.3 Å². The Balaban J connectivity index is 1.50. The largest absolute Gasteiger partial charge is 0.380 e. The molecule has 194 valence electrons. The van der Waals surface area contributed by atoms with E-state index in [1.165, 1.54) is 34.1 Å². The van der Waals surface area contributed by atoms with Crippen molar-refractivity contribution in [3.8, 4) is 11.1 Å². The van der Waals surface area contributed by atoms with Gasteiger partial charge in [0.15, 0.2) is 17.5 Å². The molecule has 0 spiro atoms. The summed E-state index contributed by atoms with van der Waals surface area (Å²) in [5, 5.41) is 9.99. The summed E-state index contributed by atoms with van der Waals surface area (Å²) in [5.41, 5.74) is -2.58. The van der Waals surface area contributed by atoms with Crippen molar-refractivity contribution in [1.82, 2.24) is 9.80 Å². The number of nitrogens with one attached hydrogen (secondary N) is 1. The number of benzene rings is 2. The minimum Gasteiger partial charge on any atom is -0.380 e. The van der Waals surface area contributed by atoms with Gasteiger partial charge in [0.2, 0.25) is 10.0 Å². The van der Waals surface area contributed by atoms with Gasteiger partial charge in [-0.2, -0.15) is 0 Å². The molecule has 2 N–H and O–H groups in total. The maximum atomic E-state index is 15.1. The van der Waals surface area contributed by atoms with Crippen LogP contribution in [0.4, 0.5) is 18.9 Å². The highest BCUT2D eigenvalue weighted by atomic mass is 32.2. The highest BCUT2D eigenvalue weighted by molar-refractivity contribution is 7.92. The Morgan fingerprint density at radius 1 is 1.00 bits per heavy atom. The lowest BCUT2D eigenvalue weighted by atomic mass is 10.0. The second kappa shape index (κ2) is 9.74. The predicted molar refractivity (Wildman–Crippen MR) is 126 cm³/mol. The predicted octanol–water partition coefficient (Wildman–Crippen LogP) is 2.73. The van der Waals surface area contributed by atoms with Crippen molar-refractivity contribution in [2.24, 2.45) is 0 Å². The number of sulfonamides is 1. The summed E-state index contributed by atoms with van der Waals surface area (Å²) in [6, 6.07) is 5.63. The van der Waals surface area contributed by atoms with Gasteiger partial charge in [-0.15, -0.1) is 0 Å². The van der Waals surface area contributed by atoms with Crippen molar-refractivity contribution in [3.63, 3.8) is 0 Å². The standard InChI is InChI=1S/C24H26F3N3O5S/c1-2-13-36(34,35)28-18-14-17(25)20(26)19(21(18)27)15-3-5-16(6-4-15)22(31)29-9-11-30(12-10-29)23(32)24(33)7-8-24/h3-6,14,28,33H,2,7-13H2,1H3. The van der Waals surface area contributed by atoms with Crippen molar-refractivity contribution < 1.29 is 36.3 Å². The van der Waals surface area contributed by atoms with Gasteiger partial charge < -0.3 is 14.9 Å². The summed E-state index contributed by atoms with van der Waals surface area (Å²) in [5.74, 6) is -5.18. The first-order valence-corrected chi connectivity index (χ1v) is 13.2. The molecule has 4 rings (SSSR count). The van der Waals surface area contributed by atoms with E-state index in [4.69, 9.17) is 0 Å². The molecule has 2 aromatic carbocycles. The van der Waals surface area contributed by atoms with Gasteiger partial charge in [0.25, 0.3) is 11.8 Å². The number of piperazine rings is 1. The average Bonchev–Trinajstić information content (AvgIpc) is 3.60. The Hall–Kier alpha value is -3.12. The number of carbonyl (C=O) groups excluding carboxylic acids is 2. The molecule has 0 bridgehead atoms. The Kier molecular flexibility index (Phi) is 7.02. The molecule has 0 radical (unpaired) electrons. The summed E-state index contributed by atoms with van der Waals surface area (Å²) in [6.45, 7) is 2.68. The molecule has 0 aromatic heterocycles. The molecular formula is C24H26F3N3O5S. The van der Waals surface area contributed by atoms with Crippen LogP contribution >= 0.6 is 0 Å². The maximum absolute atomic E-state index is 15.1. The zero-order valence-electron chi connectivity index (χ0n) is 19.6. The molecule has 2 amide bonds. The summed E-state index contributed by atoms with van der Waals surface area (Å²) >= 11 is 0. The molecule has 8 nitrogen and oxygen atoms in total. The molecule has 2 aromatic rings. The third kappa shape index (κ3) is 5.19. The van der Waals surface area contributed by atoms with Crippen molar-refractivity contribution in [2.45, 2.75) is 31.8 Å². The van der Waals surface area contributed by atoms with E-state index in [0.717, 1.165) is 0 Å². The summed E-state index contributed by atoms with van der Waals surface area (Å²) in [4.78, 5) is 28.2. The Labute approximate surface area is 206 Å². The summed E-state index contributed by atoms with van der Waals surface area (Å²) in [6.07, 6.45) is 1.13. The van der Waals surface area contributed by atoms with Crippen LogP contribution in [0.1, 0.15) is 36.5 Å². The topological polar surface area (TPSA) is 107 Å². The van der Waals surface area contributed by atoms with Gasteiger partial charge in [0, 0.05) is 37.8 Å². The second-order valence-electron chi connectivity index (χ2n) is 9.02. The number of aliphatic hydroxyl groups is 1. The highest BCUT2D eigenvalue weighted by Gasteiger charge is 2.50. The van der Waals surface area contributed by atoms with E-state index in [9.17, 15) is 31.9 Å². The third-order valence-electron chi connectivity index (χ3n) is 6.29. The molecule has 1 heterocycles. The Morgan fingerprint density at radius 3 is 2.14 bits per heavy atom. The van der Waals surface area contributed by atoms with Crippen LogP contribution in [0, 0.1) is 17.5 Å². The first kappa shape index (κ1) is 26.0. The molecular weight excluding hydrogens is 499 g/mol. The van der Waals surface area contributed by atoms with E-state index in [-0.39, 0.29) is 61.3 Å². The number of anilines is 1. The number of nitrogens with zero attached hydrogens (tertiary/aromatic N) is 2. The van der Waals surface area contributed by atoms with Crippen LogP contribution in [0.3, 0.4) is 0 Å². The van der Waals surface area contributed by atoms with E-state index in [2.05, 4.69) is 0 Å². The Bertz CT molecular complexity index is 1290. The van der Waals surface area contributed by atoms with Crippen LogP contribution in [-0.4, -0.2) is 72.7 Å². The summed E-state index contributed by atoms with van der Waals surface area (Å²) < 4.78 is 69.7. The smallest absolute Gasteiger partial charge is 0.254 e. The first-order chi connectivity index (χ1) is 17.0. The van der Waals surface area contributed by atoms with E-state index in [0.29, 0.717) is 18.9 Å². The molecule has 2 aliphatic rings. The van der Waals surface area contributed by atoms with Crippen LogP contribution in [0.25, 0.3) is 11.1 Å². The van der Waals surface area contributed by atoms with Gasteiger partial charge in [0.1, 0.15) is 5.60 Å². The molecule has 36 heavy (non-hydrogen) atoms. The fourth-order valence-electron chi connectivity index (χ4n) is 4.12. The molecule has 2 fully saturated rings. The SMILES string of the molecule is CCCS(=O)(=O)Nc1cc(F)c(F)c(-c2ccc(C(=O)N3CCN(C(=O)C4(O)CC4)CC3)cc2)c1F. The third-order valence-corrected chi connectivity index (χ3v) is 7.77. The zero-order chi connectivity index (χ0) is 26.3. The lowest BCUT2D eigenvalue weighted by molar-refractivity contribution is -0.143. The highest BCUT2D eigenvalue weighted by Crippen LogP contribution is 2.37. The van der Waals surface area contributed by atoms with E-state index in [1.54, 1.807) is 6.92 Å². The number of rotatable bonds is 7. The van der Waals surface area contributed by atoms with E-state index >= 15 is 4.39 Å². The minimum absolute atomic E-state index is 0.0786. The van der Waals surface area contributed by atoms with Gasteiger partial charge in [-0.05, 0) is 37.0 Å². The van der Waals surface area contributed by atoms with Crippen LogP contribution in [0.5, 0.6) is 0 Å². The van der Waals surface area contributed by atoms with Crippen LogP contribution in [-0.2, 0) is 14.8 Å².